The van der Waals surface area contributed by atoms with E-state index in [9.17, 15) is 0 Å². The molecular formula is C38H68O13Si8. The normalized spacial score (nSPS) is 51.6. The number of rotatable bonds is 9. The van der Waals surface area contributed by atoms with Crippen molar-refractivity contribution in [1.29, 1.82) is 0 Å². The van der Waals surface area contributed by atoms with Crippen LogP contribution in [-0.4, -0.2) is 83.1 Å². The van der Waals surface area contributed by atoms with Crippen LogP contribution in [0.25, 0.3) is 0 Å². The molecule has 0 aromatic rings. The standard InChI is InChI=1S/C38H68O13Si8/c1-2-16-32(15-1)53-40-52(30-31-29-39-31)41-54(33-17-3-4-18-33)45-56(43-53,35-21-7-8-22-35)49-59(38-27-13-14-28-38)50-57(44-53,36-23-9-10-24-36)46-55(42-52,34-19-5-6-20-34)48-58(47-54,51-59)37-25-11-12-26-37/h31-38H,1-30H2. The van der Waals surface area contributed by atoms with E-state index >= 15 is 0 Å². The highest BCUT2D eigenvalue weighted by Crippen LogP contribution is 2.66. The summed E-state index contributed by atoms with van der Waals surface area (Å²) < 4.78 is 107. The average Bonchev–Trinajstić information content (AvgIpc) is 4.03. The molecule has 14 aliphatic rings. The third kappa shape index (κ3) is 6.54. The molecule has 0 aromatic carbocycles. The van der Waals surface area contributed by atoms with E-state index in [-0.39, 0.29) is 44.9 Å². The molecule has 0 aromatic heterocycles. The van der Waals surface area contributed by atoms with Gasteiger partial charge in [-0.15, -0.1) is 0 Å². The van der Waals surface area contributed by atoms with Crippen molar-refractivity contribution >= 4 is 70.4 Å². The van der Waals surface area contributed by atoms with Gasteiger partial charge in [-0.1, -0.05) is 89.9 Å². The van der Waals surface area contributed by atoms with Crippen molar-refractivity contribution < 1.29 is 54.1 Å². The van der Waals surface area contributed by atoms with Crippen molar-refractivity contribution in [3.63, 3.8) is 0 Å². The molecule has 8 bridgehead atoms. The minimum absolute atomic E-state index is 0.0294. The van der Waals surface area contributed by atoms with Crippen molar-refractivity contribution in [2.75, 3.05) is 6.61 Å². The number of hydrogen-bond acceptors (Lipinski definition) is 13. The third-order valence-electron chi connectivity index (χ3n) is 17.3. The number of ether oxygens (including phenoxy) is 1. The van der Waals surface area contributed by atoms with E-state index < -0.39 is 70.4 Å². The van der Waals surface area contributed by atoms with E-state index in [1.54, 1.807) is 0 Å². The molecule has 7 saturated heterocycles. The summed E-state index contributed by atoms with van der Waals surface area (Å²) in [6.07, 6.45) is 29.4. The maximum Gasteiger partial charge on any atom is 0.482 e. The summed E-state index contributed by atoms with van der Waals surface area (Å²) in [5.74, 6) is 0. The quantitative estimate of drug-likeness (QED) is 0.161. The van der Waals surface area contributed by atoms with Crippen LogP contribution in [0.5, 0.6) is 0 Å². The molecular weight excluding hydrogens is 889 g/mol. The maximum atomic E-state index is 8.43. The maximum absolute atomic E-state index is 8.43. The van der Waals surface area contributed by atoms with E-state index in [0.29, 0.717) is 12.7 Å². The molecule has 0 N–H and O–H groups in total. The van der Waals surface area contributed by atoms with Crippen molar-refractivity contribution in [3.05, 3.63) is 0 Å². The molecule has 13 nitrogen and oxygen atoms in total. The van der Waals surface area contributed by atoms with Gasteiger partial charge in [0.15, 0.2) is 0 Å². The highest BCUT2D eigenvalue weighted by Gasteiger charge is 2.88. The third-order valence-corrected chi connectivity index (χ3v) is 56.9. The first kappa shape index (κ1) is 40.5. The van der Waals surface area contributed by atoms with Crippen LogP contribution in [0, 0.1) is 0 Å². The molecule has 330 valence electrons. The fourth-order valence-corrected chi connectivity index (χ4v) is 70.3. The Bertz CT molecular complexity index is 1410. The summed E-state index contributed by atoms with van der Waals surface area (Å²) in [5, 5.41) is 0. The van der Waals surface area contributed by atoms with Crippen LogP contribution in [0.1, 0.15) is 180 Å². The van der Waals surface area contributed by atoms with Gasteiger partial charge in [-0.05, 0) is 89.9 Å². The minimum Gasteiger partial charge on any atom is -0.373 e. The van der Waals surface area contributed by atoms with Crippen LogP contribution in [0.2, 0.25) is 44.8 Å². The fourth-order valence-electron chi connectivity index (χ4n) is 14.2. The Morgan fingerprint density at radius 3 is 0.593 bits per heavy atom. The lowest BCUT2D eigenvalue weighted by atomic mass is 10.4. The molecule has 7 saturated carbocycles. The van der Waals surface area contributed by atoms with E-state index in [1.807, 2.05) is 0 Å². The molecule has 59 heavy (non-hydrogen) atoms. The van der Waals surface area contributed by atoms with Gasteiger partial charge < -0.3 is 54.1 Å². The van der Waals surface area contributed by atoms with E-state index in [4.69, 9.17) is 54.1 Å². The summed E-state index contributed by atoms with van der Waals surface area (Å²) in [6.45, 7) is 0.664. The second kappa shape index (κ2) is 14.9. The van der Waals surface area contributed by atoms with Gasteiger partial charge >= 0.3 is 70.4 Å². The van der Waals surface area contributed by atoms with E-state index in [0.717, 1.165) is 180 Å². The Hall–Kier alpha value is 1.22. The molecule has 0 amide bonds. The lowest BCUT2D eigenvalue weighted by Crippen LogP contribution is -2.90. The second-order valence-electron chi connectivity index (χ2n) is 21.2. The number of hydrogen-bond donors (Lipinski definition) is 0. The summed E-state index contributed by atoms with van der Waals surface area (Å²) in [6, 6.07) is 0.515. The highest BCUT2D eigenvalue weighted by molar-refractivity contribution is 7.04. The zero-order chi connectivity index (χ0) is 39.0. The van der Waals surface area contributed by atoms with Gasteiger partial charge in [0.1, 0.15) is 0 Å². The van der Waals surface area contributed by atoms with Crippen LogP contribution in [0.3, 0.4) is 0 Å². The summed E-state index contributed by atoms with van der Waals surface area (Å²) in [7, 11) is -31.0. The van der Waals surface area contributed by atoms with E-state index in [2.05, 4.69) is 0 Å². The zero-order valence-corrected chi connectivity index (χ0v) is 43.1. The van der Waals surface area contributed by atoms with Gasteiger partial charge in [0.2, 0.25) is 0 Å². The fraction of sp³-hybridized carbons (Fsp3) is 1.00. The predicted molar refractivity (Wildman–Crippen MR) is 229 cm³/mol. The molecule has 21 heteroatoms. The summed E-state index contributed by atoms with van der Waals surface area (Å²) in [4.78, 5) is 0. The van der Waals surface area contributed by atoms with E-state index in [1.165, 1.54) is 0 Å². The van der Waals surface area contributed by atoms with Crippen LogP contribution in [0.15, 0.2) is 0 Å². The molecule has 1 atom stereocenters. The van der Waals surface area contributed by atoms with Gasteiger partial charge in [-0.3, -0.25) is 0 Å². The summed E-state index contributed by atoms with van der Waals surface area (Å²) in [5.41, 5.74) is 0.491. The molecule has 14 rings (SSSR count). The molecule has 0 radical (unpaired) electrons. The first-order chi connectivity index (χ1) is 28.8. The van der Waals surface area contributed by atoms with Gasteiger partial charge in [0, 0.05) is 44.8 Å². The Morgan fingerprint density at radius 2 is 0.424 bits per heavy atom. The van der Waals surface area contributed by atoms with Crippen LogP contribution in [-0.2, 0) is 54.1 Å². The Morgan fingerprint density at radius 1 is 0.254 bits per heavy atom. The topological polar surface area (TPSA) is 123 Å². The average molecular weight is 958 g/mol. The Balaban J connectivity index is 1.13. The molecule has 0 spiro atoms. The van der Waals surface area contributed by atoms with Gasteiger partial charge in [0.25, 0.3) is 0 Å². The van der Waals surface area contributed by atoms with Crippen molar-refractivity contribution in [2.24, 2.45) is 0 Å². The second-order valence-corrected chi connectivity index (χ2v) is 46.9. The Labute approximate surface area is 360 Å². The van der Waals surface area contributed by atoms with Gasteiger partial charge in [-0.25, -0.2) is 0 Å². The lowest BCUT2D eigenvalue weighted by Gasteiger charge is -2.66. The molecule has 7 aliphatic carbocycles. The zero-order valence-electron chi connectivity index (χ0n) is 35.1. The first-order valence-corrected chi connectivity index (χ1v) is 39.4. The molecule has 1 unspecified atom stereocenters. The molecule has 14 fully saturated rings. The molecule has 7 heterocycles. The highest BCUT2D eigenvalue weighted by atomic mass is 28.6. The van der Waals surface area contributed by atoms with Gasteiger partial charge in [0.05, 0.1) is 12.7 Å². The van der Waals surface area contributed by atoms with Crippen molar-refractivity contribution in [2.45, 2.75) is 231 Å². The minimum atomic E-state index is -3.91. The van der Waals surface area contributed by atoms with Crippen molar-refractivity contribution in [3.8, 4) is 0 Å². The van der Waals surface area contributed by atoms with Crippen LogP contribution >= 0.6 is 0 Å². The van der Waals surface area contributed by atoms with Crippen LogP contribution < -0.4 is 0 Å². The Kier molecular flexibility index (Phi) is 10.2. The van der Waals surface area contributed by atoms with Crippen molar-refractivity contribution in [1.82, 2.24) is 0 Å². The SMILES string of the molecule is C1CCC([Si]23O[Si]4(CC5CO5)O[Si]5(C6CCCC6)O[Si](C6CCCC6)(O2)O[Si]2(C6CCCC6)O[Si](C6CCCC6)(O3)O[Si](C3CCCC3)(O4)O[Si](C3CCCC3)(O5)O2)C1. The number of epoxide rings is 1. The predicted octanol–water partition coefficient (Wildman–Crippen LogP) is 9.77. The largest absolute Gasteiger partial charge is 0.482 e. The van der Waals surface area contributed by atoms with Gasteiger partial charge in [-0.2, -0.15) is 0 Å². The lowest BCUT2D eigenvalue weighted by molar-refractivity contribution is -0.0459. The molecule has 7 aliphatic heterocycles. The first-order valence-electron chi connectivity index (χ1n) is 24.8. The smallest absolute Gasteiger partial charge is 0.373 e. The monoisotopic (exact) mass is 956 g/mol. The summed E-state index contributed by atoms with van der Waals surface area (Å²) >= 11 is 0. The van der Waals surface area contributed by atoms with Crippen LogP contribution in [0.4, 0.5) is 0 Å².